The van der Waals surface area contributed by atoms with Crippen LogP contribution >= 0.6 is 0 Å². The molecular formula is C14H19NO2. The highest BCUT2D eigenvalue weighted by atomic mass is 16.6. The van der Waals surface area contributed by atoms with Crippen LogP contribution in [0.5, 0.6) is 0 Å². The Kier molecular flexibility index (Phi) is 4.02. The van der Waals surface area contributed by atoms with Gasteiger partial charge < -0.3 is 10.1 Å². The minimum atomic E-state index is -0.291. The number of unbranched alkanes of at least 4 members (excludes halogenated alkanes) is 2. The van der Waals surface area contributed by atoms with E-state index in [4.69, 9.17) is 4.74 Å². The topological polar surface area (TPSA) is 38.3 Å². The lowest BCUT2D eigenvalue weighted by atomic mass is 9.98. The molecule has 0 unspecified atom stereocenters. The number of carbonyl (C=O) groups excluding carboxylic acids is 1. The summed E-state index contributed by atoms with van der Waals surface area (Å²) in [5.74, 6) is 0. The summed E-state index contributed by atoms with van der Waals surface area (Å²) in [5, 5.41) is 2.90. The first kappa shape index (κ1) is 12.0. The van der Waals surface area contributed by atoms with E-state index in [1.165, 1.54) is 12.8 Å². The van der Waals surface area contributed by atoms with Crippen molar-refractivity contribution >= 4 is 6.09 Å². The summed E-state index contributed by atoms with van der Waals surface area (Å²) in [6, 6.07) is 10.1. The van der Waals surface area contributed by atoms with E-state index >= 15 is 0 Å². The van der Waals surface area contributed by atoms with Gasteiger partial charge in [-0.3, -0.25) is 0 Å². The van der Waals surface area contributed by atoms with Crippen molar-refractivity contribution in [1.82, 2.24) is 5.32 Å². The molecule has 0 radical (unpaired) electrons. The van der Waals surface area contributed by atoms with Crippen molar-refractivity contribution in [3.8, 4) is 0 Å². The van der Waals surface area contributed by atoms with E-state index in [9.17, 15) is 4.79 Å². The molecule has 3 nitrogen and oxygen atoms in total. The van der Waals surface area contributed by atoms with Crippen LogP contribution in [0.25, 0.3) is 0 Å². The molecule has 1 aromatic rings. The number of carbonyl (C=O) groups is 1. The summed E-state index contributed by atoms with van der Waals surface area (Å²) in [4.78, 5) is 11.3. The minimum Gasteiger partial charge on any atom is -0.439 e. The van der Waals surface area contributed by atoms with Gasteiger partial charge in [-0.05, 0) is 12.0 Å². The fourth-order valence-electron chi connectivity index (χ4n) is 2.24. The molecule has 1 fully saturated rings. The summed E-state index contributed by atoms with van der Waals surface area (Å²) < 4.78 is 5.34. The molecule has 1 saturated heterocycles. The van der Waals surface area contributed by atoms with Crippen molar-refractivity contribution in [1.29, 1.82) is 0 Å². The van der Waals surface area contributed by atoms with Gasteiger partial charge in [0.15, 0.2) is 0 Å². The second-order valence-electron chi connectivity index (χ2n) is 4.48. The molecule has 1 heterocycles. The lowest BCUT2D eigenvalue weighted by Gasteiger charge is -2.16. The van der Waals surface area contributed by atoms with Gasteiger partial charge in [0.05, 0.1) is 6.04 Å². The molecule has 0 spiro atoms. The highest BCUT2D eigenvalue weighted by Gasteiger charge is 2.34. The zero-order valence-electron chi connectivity index (χ0n) is 10.2. The Morgan fingerprint density at radius 3 is 2.71 bits per heavy atom. The maximum atomic E-state index is 11.3. The molecule has 3 heteroatoms. The average molecular weight is 233 g/mol. The van der Waals surface area contributed by atoms with Gasteiger partial charge in [-0.2, -0.15) is 0 Å². The van der Waals surface area contributed by atoms with Crippen LogP contribution in [-0.2, 0) is 4.74 Å². The molecule has 1 aliphatic heterocycles. The predicted molar refractivity (Wildman–Crippen MR) is 66.7 cm³/mol. The molecule has 0 bridgehead atoms. The number of rotatable bonds is 5. The molecule has 92 valence electrons. The normalized spacial score (nSPS) is 23.2. The van der Waals surface area contributed by atoms with Gasteiger partial charge >= 0.3 is 6.09 Å². The average Bonchev–Trinajstić information content (AvgIpc) is 2.72. The van der Waals surface area contributed by atoms with E-state index in [0.717, 1.165) is 18.4 Å². The van der Waals surface area contributed by atoms with Gasteiger partial charge in [-0.25, -0.2) is 4.79 Å². The molecule has 0 aliphatic carbocycles. The van der Waals surface area contributed by atoms with Crippen molar-refractivity contribution in [2.75, 3.05) is 0 Å². The van der Waals surface area contributed by atoms with Crippen LogP contribution in [0.1, 0.15) is 44.3 Å². The van der Waals surface area contributed by atoms with Crippen molar-refractivity contribution < 1.29 is 9.53 Å². The summed E-state index contributed by atoms with van der Waals surface area (Å²) in [7, 11) is 0. The fourth-order valence-corrected chi connectivity index (χ4v) is 2.24. The third-order valence-electron chi connectivity index (χ3n) is 3.15. The van der Waals surface area contributed by atoms with Gasteiger partial charge in [-0.1, -0.05) is 56.5 Å². The predicted octanol–water partition coefficient (Wildman–Crippen LogP) is 3.42. The Morgan fingerprint density at radius 2 is 2.00 bits per heavy atom. The number of alkyl carbamates (subject to hydrolysis) is 1. The van der Waals surface area contributed by atoms with Gasteiger partial charge in [-0.15, -0.1) is 0 Å². The number of hydrogen-bond donors (Lipinski definition) is 1. The number of cyclic esters (lactones) is 1. The van der Waals surface area contributed by atoms with Gasteiger partial charge in [0.2, 0.25) is 0 Å². The first-order valence-corrected chi connectivity index (χ1v) is 6.33. The van der Waals surface area contributed by atoms with Crippen molar-refractivity contribution in [2.24, 2.45) is 0 Å². The molecule has 1 aromatic carbocycles. The maximum Gasteiger partial charge on any atom is 0.408 e. The van der Waals surface area contributed by atoms with E-state index in [0.29, 0.717) is 0 Å². The van der Waals surface area contributed by atoms with Crippen molar-refractivity contribution in [3.05, 3.63) is 35.9 Å². The number of amides is 1. The molecule has 2 atom stereocenters. The van der Waals surface area contributed by atoms with E-state index < -0.39 is 0 Å². The highest BCUT2D eigenvalue weighted by molar-refractivity contribution is 5.70. The number of hydrogen-bond acceptors (Lipinski definition) is 2. The Labute approximate surface area is 102 Å². The van der Waals surface area contributed by atoms with Crippen LogP contribution in [0, 0.1) is 0 Å². The van der Waals surface area contributed by atoms with Crippen LogP contribution in [0.15, 0.2) is 30.3 Å². The highest BCUT2D eigenvalue weighted by Crippen LogP contribution is 2.28. The third-order valence-corrected chi connectivity index (χ3v) is 3.15. The molecule has 0 aromatic heterocycles. The standard InChI is InChI=1S/C14H19NO2/c1-2-3-5-10-12-13(17-14(16)15-12)11-8-6-4-7-9-11/h4,6-9,12-13H,2-3,5,10H2,1H3,(H,15,16)/t12-,13-/m1/s1. The molecule has 1 aliphatic rings. The van der Waals surface area contributed by atoms with Gasteiger partial charge in [0.1, 0.15) is 6.10 Å². The number of ether oxygens (including phenoxy) is 1. The second kappa shape index (κ2) is 5.71. The third kappa shape index (κ3) is 2.99. The van der Waals surface area contributed by atoms with E-state index in [1.54, 1.807) is 0 Å². The van der Waals surface area contributed by atoms with Crippen LogP contribution in [0.4, 0.5) is 4.79 Å². The lowest BCUT2D eigenvalue weighted by molar-refractivity contribution is 0.130. The Morgan fingerprint density at radius 1 is 1.24 bits per heavy atom. The van der Waals surface area contributed by atoms with Crippen LogP contribution in [-0.4, -0.2) is 12.1 Å². The first-order valence-electron chi connectivity index (χ1n) is 6.33. The zero-order chi connectivity index (χ0) is 12.1. The van der Waals surface area contributed by atoms with Crippen LogP contribution < -0.4 is 5.32 Å². The van der Waals surface area contributed by atoms with Gasteiger partial charge in [0, 0.05) is 0 Å². The summed E-state index contributed by atoms with van der Waals surface area (Å²) >= 11 is 0. The molecular weight excluding hydrogens is 214 g/mol. The molecule has 1 amide bonds. The number of benzene rings is 1. The summed E-state index contributed by atoms with van der Waals surface area (Å²) in [6.45, 7) is 2.18. The Hall–Kier alpha value is -1.51. The van der Waals surface area contributed by atoms with Crippen LogP contribution in [0.2, 0.25) is 0 Å². The number of nitrogens with one attached hydrogen (secondary N) is 1. The van der Waals surface area contributed by atoms with Gasteiger partial charge in [0.25, 0.3) is 0 Å². The Balaban J connectivity index is 2.01. The summed E-state index contributed by atoms with van der Waals surface area (Å²) in [6.07, 6.45) is 4.10. The minimum absolute atomic E-state index is 0.122. The van der Waals surface area contributed by atoms with E-state index in [1.807, 2.05) is 30.3 Å². The van der Waals surface area contributed by atoms with Crippen molar-refractivity contribution in [2.45, 2.75) is 44.8 Å². The maximum absolute atomic E-state index is 11.3. The van der Waals surface area contributed by atoms with E-state index in [2.05, 4.69) is 12.2 Å². The largest absolute Gasteiger partial charge is 0.439 e. The smallest absolute Gasteiger partial charge is 0.408 e. The fraction of sp³-hybridized carbons (Fsp3) is 0.500. The lowest BCUT2D eigenvalue weighted by Crippen LogP contribution is -2.27. The zero-order valence-corrected chi connectivity index (χ0v) is 10.2. The quantitative estimate of drug-likeness (QED) is 0.791. The van der Waals surface area contributed by atoms with Crippen LogP contribution in [0.3, 0.4) is 0 Å². The first-order chi connectivity index (χ1) is 8.31. The van der Waals surface area contributed by atoms with E-state index in [-0.39, 0.29) is 18.2 Å². The molecule has 0 saturated carbocycles. The van der Waals surface area contributed by atoms with Crippen molar-refractivity contribution in [3.63, 3.8) is 0 Å². The second-order valence-corrected chi connectivity index (χ2v) is 4.48. The monoisotopic (exact) mass is 233 g/mol. The summed E-state index contributed by atoms with van der Waals surface area (Å²) in [5.41, 5.74) is 1.08. The molecule has 2 rings (SSSR count). The SMILES string of the molecule is CCCCC[C@H]1NC(=O)O[C@@H]1c1ccccc1. The Bertz CT molecular complexity index is 364. The molecule has 1 N–H and O–H groups in total. The molecule has 17 heavy (non-hydrogen) atoms.